The van der Waals surface area contributed by atoms with E-state index in [0.29, 0.717) is 0 Å². The van der Waals surface area contributed by atoms with Crippen molar-refractivity contribution in [2.75, 3.05) is 13.2 Å². The molecule has 1 aromatic heterocycles. The first-order chi connectivity index (χ1) is 8.88. The number of rotatable bonds is 5. The fourth-order valence-electron chi connectivity index (χ4n) is 1.60. The van der Waals surface area contributed by atoms with Gasteiger partial charge < -0.3 is 10.0 Å². The Balaban J connectivity index is 3.23. The van der Waals surface area contributed by atoms with E-state index in [4.69, 9.17) is 16.7 Å². The van der Waals surface area contributed by atoms with E-state index in [1.165, 1.54) is 4.90 Å². The number of nitro groups is 1. The van der Waals surface area contributed by atoms with E-state index in [1.54, 1.807) is 13.8 Å². The number of carbonyl (C=O) groups is 1. The lowest BCUT2D eigenvalue weighted by Gasteiger charge is -2.25. The van der Waals surface area contributed by atoms with Crippen molar-refractivity contribution in [1.82, 2.24) is 9.88 Å². The number of aromatic nitrogens is 1. The molecule has 0 saturated heterocycles. The highest BCUT2D eigenvalue weighted by Gasteiger charge is 2.26. The molecule has 7 nitrogen and oxygen atoms in total. The van der Waals surface area contributed by atoms with Crippen molar-refractivity contribution in [3.63, 3.8) is 0 Å². The second kappa shape index (κ2) is 6.44. The van der Waals surface area contributed by atoms with Crippen molar-refractivity contribution >= 4 is 23.2 Å². The number of carbonyl (C=O) groups excluding carboxylic acids is 1. The average molecular weight is 288 g/mol. The molecule has 0 saturated carbocycles. The SMILES string of the molecule is CC(C)N(CCO)C(=O)c1cc(Cl)ncc1[N+](=O)[O-]. The summed E-state index contributed by atoms with van der Waals surface area (Å²) in [6.07, 6.45) is 0.951. The molecule has 1 amide bonds. The van der Waals surface area contributed by atoms with Gasteiger partial charge in [-0.1, -0.05) is 11.6 Å². The maximum atomic E-state index is 12.3. The number of aliphatic hydroxyl groups is 1. The third-order valence-electron chi connectivity index (χ3n) is 2.50. The fraction of sp³-hybridized carbons (Fsp3) is 0.455. The first kappa shape index (κ1) is 15.3. The Morgan fingerprint density at radius 2 is 2.26 bits per heavy atom. The van der Waals surface area contributed by atoms with Gasteiger partial charge in [-0.15, -0.1) is 0 Å². The Morgan fingerprint density at radius 1 is 1.63 bits per heavy atom. The summed E-state index contributed by atoms with van der Waals surface area (Å²) in [5, 5.41) is 19.8. The first-order valence-electron chi connectivity index (χ1n) is 5.60. The molecule has 0 aliphatic rings. The van der Waals surface area contributed by atoms with Crippen LogP contribution in [0.1, 0.15) is 24.2 Å². The molecule has 0 atom stereocenters. The molecule has 1 aromatic rings. The van der Waals surface area contributed by atoms with Crippen LogP contribution >= 0.6 is 11.6 Å². The summed E-state index contributed by atoms with van der Waals surface area (Å²) in [5.74, 6) is -0.556. The zero-order valence-corrected chi connectivity index (χ0v) is 11.3. The van der Waals surface area contributed by atoms with Gasteiger partial charge in [0.05, 0.1) is 11.5 Å². The van der Waals surface area contributed by atoms with Gasteiger partial charge >= 0.3 is 0 Å². The lowest BCUT2D eigenvalue weighted by atomic mass is 10.1. The molecule has 0 aliphatic heterocycles. The number of nitrogens with zero attached hydrogens (tertiary/aromatic N) is 3. The van der Waals surface area contributed by atoms with Crippen LogP contribution in [0.5, 0.6) is 0 Å². The van der Waals surface area contributed by atoms with Crippen LogP contribution in [0.15, 0.2) is 12.3 Å². The largest absolute Gasteiger partial charge is 0.395 e. The van der Waals surface area contributed by atoms with Gasteiger partial charge in [0, 0.05) is 12.6 Å². The second-order valence-corrected chi connectivity index (χ2v) is 4.48. The molecule has 0 fully saturated rings. The third kappa shape index (κ3) is 3.62. The summed E-state index contributed by atoms with van der Waals surface area (Å²) >= 11 is 5.67. The van der Waals surface area contributed by atoms with Gasteiger partial charge in [0.25, 0.3) is 11.6 Å². The zero-order chi connectivity index (χ0) is 14.6. The standard InChI is InChI=1S/C11H14ClN3O4/c1-7(2)14(3-4-16)11(17)8-5-10(12)13-6-9(8)15(18)19/h5-7,16H,3-4H2,1-2H3. The normalized spacial score (nSPS) is 10.6. The van der Waals surface area contributed by atoms with Crippen LogP contribution < -0.4 is 0 Å². The molecule has 0 aromatic carbocycles. The lowest BCUT2D eigenvalue weighted by Crippen LogP contribution is -2.39. The fourth-order valence-corrected chi connectivity index (χ4v) is 1.75. The number of hydrogen-bond acceptors (Lipinski definition) is 5. The number of halogens is 1. The molecule has 0 spiro atoms. The third-order valence-corrected chi connectivity index (χ3v) is 2.71. The van der Waals surface area contributed by atoms with E-state index >= 15 is 0 Å². The number of amides is 1. The molecule has 1 N–H and O–H groups in total. The van der Waals surface area contributed by atoms with Crippen LogP contribution in [-0.2, 0) is 0 Å². The maximum Gasteiger partial charge on any atom is 0.300 e. The van der Waals surface area contributed by atoms with Crippen LogP contribution in [-0.4, -0.2) is 45.0 Å². The Bertz CT molecular complexity index is 493. The van der Waals surface area contributed by atoms with Gasteiger partial charge in [0.15, 0.2) is 0 Å². The van der Waals surface area contributed by atoms with E-state index in [-0.39, 0.29) is 29.9 Å². The summed E-state index contributed by atoms with van der Waals surface area (Å²) in [4.78, 5) is 27.4. The molecule has 0 bridgehead atoms. The molecule has 19 heavy (non-hydrogen) atoms. The van der Waals surface area contributed by atoms with Gasteiger partial charge in [-0.05, 0) is 19.9 Å². The van der Waals surface area contributed by atoms with Gasteiger partial charge in [-0.3, -0.25) is 14.9 Å². The highest BCUT2D eigenvalue weighted by Crippen LogP contribution is 2.22. The van der Waals surface area contributed by atoms with E-state index in [1.807, 2.05) is 0 Å². The van der Waals surface area contributed by atoms with Gasteiger partial charge in [-0.25, -0.2) is 4.98 Å². The van der Waals surface area contributed by atoms with Crippen molar-refractivity contribution in [2.24, 2.45) is 0 Å². The van der Waals surface area contributed by atoms with Crippen molar-refractivity contribution in [1.29, 1.82) is 0 Å². The molecule has 0 unspecified atom stereocenters. The van der Waals surface area contributed by atoms with Gasteiger partial charge in [-0.2, -0.15) is 0 Å². The average Bonchev–Trinajstić information content (AvgIpc) is 2.34. The van der Waals surface area contributed by atoms with Crippen molar-refractivity contribution in [2.45, 2.75) is 19.9 Å². The molecule has 8 heteroatoms. The highest BCUT2D eigenvalue weighted by atomic mass is 35.5. The number of pyridine rings is 1. The minimum absolute atomic E-state index is 0.00153. The van der Waals surface area contributed by atoms with E-state index < -0.39 is 16.5 Å². The Hall–Kier alpha value is -1.73. The molecule has 1 rings (SSSR count). The van der Waals surface area contributed by atoms with Crippen LogP contribution in [0.25, 0.3) is 0 Å². The summed E-state index contributed by atoms with van der Waals surface area (Å²) < 4.78 is 0. The Labute approximate surface area is 115 Å². The molecular weight excluding hydrogens is 274 g/mol. The summed E-state index contributed by atoms with van der Waals surface area (Å²) in [6.45, 7) is 3.37. The summed E-state index contributed by atoms with van der Waals surface area (Å²) in [5.41, 5.74) is -0.537. The van der Waals surface area contributed by atoms with Crippen LogP contribution in [0.4, 0.5) is 5.69 Å². The molecule has 0 radical (unpaired) electrons. The molecule has 0 aliphatic carbocycles. The van der Waals surface area contributed by atoms with Crippen LogP contribution in [0, 0.1) is 10.1 Å². The summed E-state index contributed by atoms with van der Waals surface area (Å²) in [7, 11) is 0. The predicted octanol–water partition coefficient (Wildman–Crippen LogP) is 1.49. The van der Waals surface area contributed by atoms with Gasteiger partial charge in [0.2, 0.25) is 0 Å². The van der Waals surface area contributed by atoms with Crippen molar-refractivity contribution < 1.29 is 14.8 Å². The Kier molecular flexibility index (Phi) is 5.20. The lowest BCUT2D eigenvalue weighted by molar-refractivity contribution is -0.385. The van der Waals surface area contributed by atoms with Crippen molar-refractivity contribution in [3.05, 3.63) is 33.1 Å². The smallest absolute Gasteiger partial charge is 0.300 e. The van der Waals surface area contributed by atoms with Crippen LogP contribution in [0.2, 0.25) is 5.15 Å². The quantitative estimate of drug-likeness (QED) is 0.503. The van der Waals surface area contributed by atoms with Crippen LogP contribution in [0.3, 0.4) is 0 Å². The molecule has 104 valence electrons. The summed E-state index contributed by atoms with van der Waals surface area (Å²) in [6, 6.07) is 0.959. The monoisotopic (exact) mass is 287 g/mol. The van der Waals surface area contributed by atoms with E-state index in [0.717, 1.165) is 12.3 Å². The first-order valence-corrected chi connectivity index (χ1v) is 5.98. The maximum absolute atomic E-state index is 12.3. The second-order valence-electron chi connectivity index (χ2n) is 4.10. The zero-order valence-electron chi connectivity index (χ0n) is 10.5. The minimum atomic E-state index is -0.686. The predicted molar refractivity (Wildman–Crippen MR) is 69.2 cm³/mol. The molecule has 1 heterocycles. The van der Waals surface area contributed by atoms with E-state index in [9.17, 15) is 14.9 Å². The highest BCUT2D eigenvalue weighted by molar-refractivity contribution is 6.29. The van der Waals surface area contributed by atoms with Gasteiger partial charge in [0.1, 0.15) is 16.9 Å². The van der Waals surface area contributed by atoms with E-state index in [2.05, 4.69) is 4.98 Å². The van der Waals surface area contributed by atoms with Crippen molar-refractivity contribution in [3.8, 4) is 0 Å². The minimum Gasteiger partial charge on any atom is -0.395 e. The Morgan fingerprint density at radius 3 is 2.74 bits per heavy atom. The number of aliphatic hydroxyl groups excluding tert-OH is 1. The number of hydrogen-bond donors (Lipinski definition) is 1. The molecular formula is C11H14ClN3O4. The topological polar surface area (TPSA) is 96.6 Å².